The summed E-state index contributed by atoms with van der Waals surface area (Å²) in [4.78, 5) is 0.00151. The number of nitrogens with two attached hydrogens (primary N) is 1. The van der Waals surface area contributed by atoms with Crippen LogP contribution in [0.3, 0.4) is 0 Å². The van der Waals surface area contributed by atoms with Crippen molar-refractivity contribution in [2.24, 2.45) is 0 Å². The number of rotatable bonds is 3. The molecule has 0 bridgehead atoms. The lowest BCUT2D eigenvalue weighted by Crippen LogP contribution is -2.13. The van der Waals surface area contributed by atoms with E-state index in [0.717, 1.165) is 0 Å². The molecule has 5 nitrogen and oxygen atoms in total. The Kier molecular flexibility index (Phi) is 4.42. The number of nitriles is 1. The molecule has 0 spiro atoms. The SMILES string of the molecule is N#Cc1ccc(Cl)c(NS(=O)(=O)c2ccc(Br)c(N)c2)c1. The molecular weight excluding hydrogens is 378 g/mol. The van der Waals surface area contributed by atoms with Gasteiger partial charge in [-0.3, -0.25) is 4.72 Å². The Hall–Kier alpha value is -1.75. The molecule has 0 heterocycles. The van der Waals surface area contributed by atoms with Gasteiger partial charge in [-0.25, -0.2) is 8.42 Å². The van der Waals surface area contributed by atoms with Crippen molar-refractivity contribution in [3.63, 3.8) is 0 Å². The van der Waals surface area contributed by atoms with Crippen LogP contribution in [0.25, 0.3) is 0 Å². The van der Waals surface area contributed by atoms with Crippen molar-refractivity contribution in [1.29, 1.82) is 5.26 Å². The Bertz CT molecular complexity index is 847. The van der Waals surface area contributed by atoms with Crippen molar-refractivity contribution in [2.75, 3.05) is 10.5 Å². The number of sulfonamides is 1. The number of anilines is 2. The fraction of sp³-hybridized carbons (Fsp3) is 0. The van der Waals surface area contributed by atoms with Gasteiger partial charge >= 0.3 is 0 Å². The second kappa shape index (κ2) is 5.93. The maximum absolute atomic E-state index is 12.3. The van der Waals surface area contributed by atoms with Crippen LogP contribution < -0.4 is 10.5 Å². The van der Waals surface area contributed by atoms with Crippen LogP contribution in [-0.2, 0) is 10.0 Å². The highest BCUT2D eigenvalue weighted by molar-refractivity contribution is 9.10. The van der Waals surface area contributed by atoms with Crippen LogP contribution in [0, 0.1) is 11.3 Å². The molecule has 0 aliphatic carbocycles. The minimum atomic E-state index is -3.84. The largest absolute Gasteiger partial charge is 0.398 e. The van der Waals surface area contributed by atoms with Gasteiger partial charge in [0.05, 0.1) is 27.2 Å². The van der Waals surface area contributed by atoms with Gasteiger partial charge in [-0.2, -0.15) is 5.26 Å². The van der Waals surface area contributed by atoms with Crippen LogP contribution in [0.4, 0.5) is 11.4 Å². The van der Waals surface area contributed by atoms with Gasteiger partial charge in [0.15, 0.2) is 0 Å². The summed E-state index contributed by atoms with van der Waals surface area (Å²) in [5.41, 5.74) is 6.41. The van der Waals surface area contributed by atoms with Gasteiger partial charge in [0, 0.05) is 10.2 Å². The molecule has 0 unspecified atom stereocenters. The molecule has 21 heavy (non-hydrogen) atoms. The highest BCUT2D eigenvalue weighted by atomic mass is 79.9. The lowest BCUT2D eigenvalue weighted by atomic mass is 10.2. The summed E-state index contributed by atoms with van der Waals surface area (Å²) >= 11 is 9.13. The molecule has 8 heteroatoms. The molecule has 0 aliphatic heterocycles. The van der Waals surface area contributed by atoms with E-state index >= 15 is 0 Å². The summed E-state index contributed by atoms with van der Waals surface area (Å²) in [5.74, 6) is 0. The maximum atomic E-state index is 12.3. The Morgan fingerprint density at radius 3 is 2.57 bits per heavy atom. The van der Waals surface area contributed by atoms with Crippen molar-refractivity contribution in [3.8, 4) is 6.07 Å². The van der Waals surface area contributed by atoms with E-state index in [1.165, 1.54) is 36.4 Å². The van der Waals surface area contributed by atoms with Gasteiger partial charge in [-0.15, -0.1) is 0 Å². The Morgan fingerprint density at radius 2 is 1.95 bits per heavy atom. The fourth-order valence-electron chi connectivity index (χ4n) is 1.57. The third-order valence-corrected chi connectivity index (χ3v) is 5.03. The summed E-state index contributed by atoms with van der Waals surface area (Å²) in [6.45, 7) is 0. The summed E-state index contributed by atoms with van der Waals surface area (Å²) in [7, 11) is -3.84. The number of nitrogens with one attached hydrogen (secondary N) is 1. The molecule has 2 aromatic carbocycles. The number of hydrogen-bond acceptors (Lipinski definition) is 4. The van der Waals surface area contributed by atoms with Crippen LogP contribution >= 0.6 is 27.5 Å². The van der Waals surface area contributed by atoms with Gasteiger partial charge < -0.3 is 5.73 Å². The summed E-state index contributed by atoms with van der Waals surface area (Å²) in [6, 6.07) is 10.5. The topological polar surface area (TPSA) is 96.0 Å². The van der Waals surface area contributed by atoms with Crippen LogP contribution in [0.1, 0.15) is 5.56 Å². The summed E-state index contributed by atoms with van der Waals surface area (Å²) < 4.78 is 27.5. The predicted molar refractivity (Wildman–Crippen MR) is 85.5 cm³/mol. The molecule has 0 saturated heterocycles. The number of hydrogen-bond donors (Lipinski definition) is 2. The third-order valence-electron chi connectivity index (χ3n) is 2.62. The zero-order valence-corrected chi connectivity index (χ0v) is 13.6. The minimum absolute atomic E-state index is 0.00151. The molecule has 108 valence electrons. The van der Waals surface area contributed by atoms with Gasteiger partial charge in [0.1, 0.15) is 0 Å². The van der Waals surface area contributed by atoms with E-state index in [2.05, 4.69) is 20.7 Å². The first-order valence-corrected chi connectivity index (χ1v) is 8.26. The van der Waals surface area contributed by atoms with Gasteiger partial charge in [-0.05, 0) is 52.3 Å². The number of benzene rings is 2. The third kappa shape index (κ3) is 3.47. The van der Waals surface area contributed by atoms with E-state index in [4.69, 9.17) is 22.6 Å². The molecule has 2 aromatic rings. The number of nitrogens with zero attached hydrogens (tertiary/aromatic N) is 1. The molecule has 0 atom stereocenters. The zero-order valence-electron chi connectivity index (χ0n) is 10.5. The van der Waals surface area contributed by atoms with E-state index < -0.39 is 10.0 Å². The van der Waals surface area contributed by atoms with Crippen molar-refractivity contribution in [2.45, 2.75) is 4.90 Å². The molecule has 0 fully saturated rings. The molecule has 0 amide bonds. The van der Waals surface area contributed by atoms with Crippen molar-refractivity contribution in [3.05, 3.63) is 51.5 Å². The van der Waals surface area contributed by atoms with Crippen LogP contribution in [0.5, 0.6) is 0 Å². The number of halogens is 2. The summed E-state index contributed by atoms with van der Waals surface area (Å²) in [6.07, 6.45) is 0. The zero-order chi connectivity index (χ0) is 15.6. The second-order valence-electron chi connectivity index (χ2n) is 4.10. The van der Waals surface area contributed by atoms with Crippen LogP contribution in [0.15, 0.2) is 45.8 Å². The van der Waals surface area contributed by atoms with Crippen molar-refractivity contribution in [1.82, 2.24) is 0 Å². The van der Waals surface area contributed by atoms with Crippen LogP contribution in [-0.4, -0.2) is 8.42 Å². The lowest BCUT2D eigenvalue weighted by Gasteiger charge is -2.10. The molecule has 0 radical (unpaired) electrons. The number of nitrogen functional groups attached to an aromatic ring is 1. The minimum Gasteiger partial charge on any atom is -0.398 e. The standard InChI is InChI=1S/C13H9BrClN3O2S/c14-10-3-2-9(6-12(10)17)21(19,20)18-13-5-8(7-16)1-4-11(13)15/h1-6,18H,17H2. The van der Waals surface area contributed by atoms with Gasteiger partial charge in [-0.1, -0.05) is 11.6 Å². The first-order chi connectivity index (χ1) is 9.83. The van der Waals surface area contributed by atoms with Gasteiger partial charge in [0.25, 0.3) is 10.0 Å². The van der Waals surface area contributed by atoms with E-state index in [1.807, 2.05) is 6.07 Å². The fourth-order valence-corrected chi connectivity index (χ4v) is 3.14. The molecule has 0 saturated carbocycles. The monoisotopic (exact) mass is 385 g/mol. The maximum Gasteiger partial charge on any atom is 0.262 e. The van der Waals surface area contributed by atoms with Crippen LogP contribution in [0.2, 0.25) is 5.02 Å². The van der Waals surface area contributed by atoms with E-state index in [0.29, 0.717) is 15.7 Å². The first-order valence-electron chi connectivity index (χ1n) is 5.61. The Morgan fingerprint density at radius 1 is 1.24 bits per heavy atom. The molecule has 2 rings (SSSR count). The highest BCUT2D eigenvalue weighted by Gasteiger charge is 2.17. The summed E-state index contributed by atoms with van der Waals surface area (Å²) in [5, 5.41) is 9.04. The predicted octanol–water partition coefficient (Wildman–Crippen LogP) is 3.36. The smallest absolute Gasteiger partial charge is 0.262 e. The highest BCUT2D eigenvalue weighted by Crippen LogP contribution is 2.28. The molecule has 3 N–H and O–H groups in total. The average molecular weight is 387 g/mol. The van der Waals surface area contributed by atoms with E-state index in [-0.39, 0.29) is 15.6 Å². The van der Waals surface area contributed by atoms with E-state index in [9.17, 15) is 8.42 Å². The average Bonchev–Trinajstić information content (AvgIpc) is 2.44. The molecular formula is C13H9BrClN3O2S. The normalized spacial score (nSPS) is 10.9. The second-order valence-corrected chi connectivity index (χ2v) is 7.04. The molecule has 0 aromatic heterocycles. The van der Waals surface area contributed by atoms with Gasteiger partial charge in [0.2, 0.25) is 0 Å². The van der Waals surface area contributed by atoms with Crippen molar-refractivity contribution < 1.29 is 8.42 Å². The Balaban J connectivity index is 2.42. The quantitative estimate of drug-likeness (QED) is 0.791. The first kappa shape index (κ1) is 15.6. The Labute approximate surface area is 135 Å². The van der Waals surface area contributed by atoms with E-state index in [1.54, 1.807) is 0 Å². The van der Waals surface area contributed by atoms with Crippen molar-refractivity contribution >= 4 is 48.9 Å². The lowest BCUT2D eigenvalue weighted by molar-refractivity contribution is 0.601. The molecule has 0 aliphatic rings.